The third kappa shape index (κ3) is 2.48. The van der Waals surface area contributed by atoms with E-state index in [1.807, 2.05) is 29.7 Å². The highest BCUT2D eigenvalue weighted by Crippen LogP contribution is 2.20. The van der Waals surface area contributed by atoms with Crippen molar-refractivity contribution in [3.8, 4) is 0 Å². The Labute approximate surface area is 82.9 Å². The molecule has 72 valence electrons. The standard InChI is InChI=1S/C9H15N3S/c1-12-7-9(6-11-12)13-3-2-8-4-10-5-8/h6-8,10H,2-5H2,1H3. The average molecular weight is 197 g/mol. The third-order valence-corrected chi connectivity index (χ3v) is 3.33. The van der Waals surface area contributed by atoms with Crippen molar-refractivity contribution in [1.82, 2.24) is 15.1 Å². The zero-order valence-electron chi connectivity index (χ0n) is 7.86. The maximum absolute atomic E-state index is 4.13. The van der Waals surface area contributed by atoms with E-state index < -0.39 is 0 Å². The van der Waals surface area contributed by atoms with E-state index in [1.165, 1.54) is 30.2 Å². The Morgan fingerprint density at radius 1 is 1.69 bits per heavy atom. The molecular formula is C9H15N3S. The van der Waals surface area contributed by atoms with Gasteiger partial charge in [0.1, 0.15) is 0 Å². The lowest BCUT2D eigenvalue weighted by molar-refractivity contribution is 0.341. The predicted octanol–water partition coefficient (Wildman–Crippen LogP) is 1.12. The summed E-state index contributed by atoms with van der Waals surface area (Å²) in [7, 11) is 1.96. The number of rotatable bonds is 4. The van der Waals surface area contributed by atoms with Crippen molar-refractivity contribution in [1.29, 1.82) is 0 Å². The van der Waals surface area contributed by atoms with Crippen molar-refractivity contribution in [2.45, 2.75) is 11.3 Å². The van der Waals surface area contributed by atoms with Crippen LogP contribution in [0.25, 0.3) is 0 Å². The van der Waals surface area contributed by atoms with E-state index in [9.17, 15) is 0 Å². The lowest BCUT2D eigenvalue weighted by Gasteiger charge is -2.26. The second kappa shape index (κ2) is 4.15. The van der Waals surface area contributed by atoms with E-state index >= 15 is 0 Å². The highest BCUT2D eigenvalue weighted by Gasteiger charge is 2.15. The lowest BCUT2D eigenvalue weighted by Crippen LogP contribution is -2.42. The molecule has 0 unspecified atom stereocenters. The summed E-state index contributed by atoms with van der Waals surface area (Å²) in [4.78, 5) is 1.29. The molecule has 2 rings (SSSR count). The molecule has 2 heterocycles. The van der Waals surface area contributed by atoms with Gasteiger partial charge in [-0.25, -0.2) is 0 Å². The predicted molar refractivity (Wildman–Crippen MR) is 54.9 cm³/mol. The highest BCUT2D eigenvalue weighted by atomic mass is 32.2. The summed E-state index contributed by atoms with van der Waals surface area (Å²) < 4.78 is 1.85. The first-order chi connectivity index (χ1) is 6.34. The van der Waals surface area contributed by atoms with Gasteiger partial charge in [0.25, 0.3) is 0 Å². The van der Waals surface area contributed by atoms with Gasteiger partial charge in [-0.2, -0.15) is 5.10 Å². The van der Waals surface area contributed by atoms with Crippen LogP contribution in [0.1, 0.15) is 6.42 Å². The zero-order valence-corrected chi connectivity index (χ0v) is 8.68. The van der Waals surface area contributed by atoms with E-state index in [2.05, 4.69) is 16.6 Å². The van der Waals surface area contributed by atoms with Gasteiger partial charge in [0, 0.05) is 18.1 Å². The first-order valence-electron chi connectivity index (χ1n) is 4.67. The van der Waals surface area contributed by atoms with Crippen LogP contribution >= 0.6 is 11.8 Å². The molecule has 0 aliphatic carbocycles. The average Bonchev–Trinajstić information content (AvgIpc) is 2.42. The second-order valence-electron chi connectivity index (χ2n) is 3.51. The Hall–Kier alpha value is -0.480. The second-order valence-corrected chi connectivity index (χ2v) is 4.68. The Bertz CT molecular complexity index is 268. The fraction of sp³-hybridized carbons (Fsp3) is 0.667. The summed E-state index contributed by atoms with van der Waals surface area (Å²) in [6.45, 7) is 2.43. The molecule has 1 aliphatic heterocycles. The Balaban J connectivity index is 1.67. The van der Waals surface area contributed by atoms with E-state index in [4.69, 9.17) is 0 Å². The Kier molecular flexibility index (Phi) is 2.90. The van der Waals surface area contributed by atoms with Crippen LogP contribution in [-0.4, -0.2) is 28.6 Å². The Morgan fingerprint density at radius 2 is 2.54 bits per heavy atom. The van der Waals surface area contributed by atoms with Crippen LogP contribution in [-0.2, 0) is 7.05 Å². The number of nitrogens with zero attached hydrogens (tertiary/aromatic N) is 2. The number of thioether (sulfide) groups is 1. The molecule has 0 bridgehead atoms. The molecule has 0 saturated carbocycles. The molecule has 1 aromatic heterocycles. The van der Waals surface area contributed by atoms with Gasteiger partial charge in [-0.15, -0.1) is 11.8 Å². The number of hydrogen-bond acceptors (Lipinski definition) is 3. The molecule has 1 aromatic rings. The number of nitrogens with one attached hydrogen (secondary N) is 1. The van der Waals surface area contributed by atoms with Crippen molar-refractivity contribution in [3.05, 3.63) is 12.4 Å². The molecule has 0 atom stereocenters. The first-order valence-corrected chi connectivity index (χ1v) is 5.65. The van der Waals surface area contributed by atoms with Crippen molar-refractivity contribution in [3.63, 3.8) is 0 Å². The van der Waals surface area contributed by atoms with Crippen molar-refractivity contribution in [2.75, 3.05) is 18.8 Å². The van der Waals surface area contributed by atoms with Gasteiger partial charge in [-0.1, -0.05) is 0 Å². The van der Waals surface area contributed by atoms with Gasteiger partial charge in [0.2, 0.25) is 0 Å². The summed E-state index contributed by atoms with van der Waals surface area (Å²) in [5.74, 6) is 2.14. The van der Waals surface area contributed by atoms with Crippen LogP contribution < -0.4 is 5.32 Å². The lowest BCUT2D eigenvalue weighted by atomic mass is 10.0. The minimum absolute atomic E-state index is 0.921. The SMILES string of the molecule is Cn1cc(SCCC2CNC2)cn1. The smallest absolute Gasteiger partial charge is 0.0625 e. The molecule has 3 nitrogen and oxygen atoms in total. The molecule has 13 heavy (non-hydrogen) atoms. The fourth-order valence-corrected chi connectivity index (χ4v) is 2.40. The molecule has 1 fully saturated rings. The normalized spacial score (nSPS) is 17.3. The van der Waals surface area contributed by atoms with Gasteiger partial charge >= 0.3 is 0 Å². The monoisotopic (exact) mass is 197 g/mol. The zero-order chi connectivity index (χ0) is 9.10. The molecule has 0 amide bonds. The van der Waals surface area contributed by atoms with Crippen LogP contribution in [0.4, 0.5) is 0 Å². The van der Waals surface area contributed by atoms with Gasteiger partial charge in [0.05, 0.1) is 6.20 Å². The number of aryl methyl sites for hydroxylation is 1. The maximum Gasteiger partial charge on any atom is 0.0625 e. The molecule has 0 radical (unpaired) electrons. The summed E-state index contributed by atoms with van der Waals surface area (Å²) in [5, 5.41) is 7.42. The fourth-order valence-electron chi connectivity index (χ4n) is 1.37. The maximum atomic E-state index is 4.13. The van der Waals surface area contributed by atoms with E-state index in [0.717, 1.165) is 5.92 Å². The van der Waals surface area contributed by atoms with Gasteiger partial charge in [0.15, 0.2) is 0 Å². The number of aromatic nitrogens is 2. The van der Waals surface area contributed by atoms with Crippen LogP contribution in [0.2, 0.25) is 0 Å². The van der Waals surface area contributed by atoms with Gasteiger partial charge in [-0.3, -0.25) is 4.68 Å². The minimum Gasteiger partial charge on any atom is -0.316 e. The van der Waals surface area contributed by atoms with Crippen molar-refractivity contribution < 1.29 is 0 Å². The summed E-state index contributed by atoms with van der Waals surface area (Å²) in [6, 6.07) is 0. The summed E-state index contributed by atoms with van der Waals surface area (Å²) in [5.41, 5.74) is 0. The van der Waals surface area contributed by atoms with E-state index in [-0.39, 0.29) is 0 Å². The van der Waals surface area contributed by atoms with Crippen LogP contribution in [0.5, 0.6) is 0 Å². The van der Waals surface area contributed by atoms with E-state index in [0.29, 0.717) is 0 Å². The van der Waals surface area contributed by atoms with Gasteiger partial charge < -0.3 is 5.32 Å². The quantitative estimate of drug-likeness (QED) is 0.734. The molecule has 0 spiro atoms. The van der Waals surface area contributed by atoms with Gasteiger partial charge in [-0.05, 0) is 31.2 Å². The van der Waals surface area contributed by atoms with E-state index in [1.54, 1.807) is 0 Å². The highest BCUT2D eigenvalue weighted by molar-refractivity contribution is 7.99. The Morgan fingerprint density at radius 3 is 3.08 bits per heavy atom. The topological polar surface area (TPSA) is 29.9 Å². The molecular weight excluding hydrogens is 182 g/mol. The number of hydrogen-bond donors (Lipinski definition) is 1. The minimum atomic E-state index is 0.921. The van der Waals surface area contributed by atoms with Crippen LogP contribution in [0.15, 0.2) is 17.3 Å². The van der Waals surface area contributed by atoms with Crippen LogP contribution in [0, 0.1) is 5.92 Å². The first kappa shape index (κ1) is 9.09. The molecule has 4 heteroatoms. The third-order valence-electron chi connectivity index (χ3n) is 2.34. The summed E-state index contributed by atoms with van der Waals surface area (Å²) in [6.07, 6.45) is 5.33. The molecule has 1 saturated heterocycles. The molecule has 0 aromatic carbocycles. The van der Waals surface area contributed by atoms with Crippen molar-refractivity contribution >= 4 is 11.8 Å². The molecule has 1 N–H and O–H groups in total. The summed E-state index contributed by atoms with van der Waals surface area (Å²) >= 11 is 1.91. The van der Waals surface area contributed by atoms with Crippen molar-refractivity contribution in [2.24, 2.45) is 13.0 Å². The molecule has 1 aliphatic rings. The van der Waals surface area contributed by atoms with Crippen LogP contribution in [0.3, 0.4) is 0 Å². The largest absolute Gasteiger partial charge is 0.316 e.